The highest BCUT2D eigenvalue weighted by atomic mass is 127. The highest BCUT2D eigenvalue weighted by Gasteiger charge is 2.42. The first kappa shape index (κ1) is 20.2. The number of guanidine groups is 1. The van der Waals surface area contributed by atoms with Gasteiger partial charge in [-0.25, -0.2) is 0 Å². The number of aliphatic imine (C=N–C) groups is 1. The van der Waals surface area contributed by atoms with Gasteiger partial charge in [-0.3, -0.25) is 9.89 Å². The number of likely N-dealkylation sites (tertiary alicyclic amines) is 2. The van der Waals surface area contributed by atoms with E-state index in [1.807, 2.05) is 7.05 Å². The van der Waals surface area contributed by atoms with Gasteiger partial charge in [-0.05, 0) is 51.6 Å². The topological polar surface area (TPSA) is 40.1 Å². The molecular formula is C18H35IN4O. The van der Waals surface area contributed by atoms with Crippen molar-refractivity contribution < 1.29 is 4.74 Å². The molecule has 1 N–H and O–H groups in total. The first-order chi connectivity index (χ1) is 11.1. The number of nitrogens with one attached hydrogen (secondary N) is 1. The van der Waals surface area contributed by atoms with E-state index in [1.54, 1.807) is 0 Å². The number of nitrogens with zero attached hydrogens (tertiary/aromatic N) is 3. The Bertz CT molecular complexity index is 417. The molecule has 0 aromatic rings. The van der Waals surface area contributed by atoms with E-state index in [-0.39, 0.29) is 24.0 Å². The molecule has 3 fully saturated rings. The predicted molar refractivity (Wildman–Crippen MR) is 110 cm³/mol. The molecule has 140 valence electrons. The van der Waals surface area contributed by atoms with Gasteiger partial charge in [0.05, 0.1) is 6.61 Å². The fraction of sp³-hybridized carbons (Fsp3) is 0.944. The van der Waals surface area contributed by atoms with Crippen molar-refractivity contribution in [2.45, 2.75) is 45.6 Å². The summed E-state index contributed by atoms with van der Waals surface area (Å²) in [7, 11) is 1.91. The average Bonchev–Trinajstić information content (AvgIpc) is 3.19. The average molecular weight is 450 g/mol. The lowest BCUT2D eigenvalue weighted by atomic mass is 9.87. The smallest absolute Gasteiger partial charge is 0.193 e. The highest BCUT2D eigenvalue weighted by molar-refractivity contribution is 14.0. The Hall–Kier alpha value is -0.0800. The maximum atomic E-state index is 5.64. The molecule has 3 heterocycles. The molecule has 3 rings (SSSR count). The van der Waals surface area contributed by atoms with Gasteiger partial charge in [0.2, 0.25) is 0 Å². The molecule has 3 aliphatic heterocycles. The molecule has 2 atom stereocenters. The van der Waals surface area contributed by atoms with Crippen molar-refractivity contribution >= 4 is 29.9 Å². The van der Waals surface area contributed by atoms with E-state index in [2.05, 4.69) is 34.0 Å². The van der Waals surface area contributed by atoms with Gasteiger partial charge in [-0.2, -0.15) is 0 Å². The van der Waals surface area contributed by atoms with Gasteiger partial charge in [0, 0.05) is 44.7 Å². The molecule has 0 amide bonds. The van der Waals surface area contributed by atoms with Crippen molar-refractivity contribution in [3.8, 4) is 0 Å². The van der Waals surface area contributed by atoms with E-state index in [0.29, 0.717) is 11.5 Å². The Morgan fingerprint density at radius 2 is 2.04 bits per heavy atom. The largest absolute Gasteiger partial charge is 0.381 e. The molecule has 0 saturated carbocycles. The van der Waals surface area contributed by atoms with Gasteiger partial charge >= 0.3 is 0 Å². The molecule has 0 aromatic carbocycles. The predicted octanol–water partition coefficient (Wildman–Crippen LogP) is 2.41. The molecule has 2 unspecified atom stereocenters. The van der Waals surface area contributed by atoms with Gasteiger partial charge in [0.25, 0.3) is 0 Å². The lowest BCUT2D eigenvalue weighted by molar-refractivity contribution is 0.146. The summed E-state index contributed by atoms with van der Waals surface area (Å²) >= 11 is 0. The Kier molecular flexibility index (Phi) is 7.61. The van der Waals surface area contributed by atoms with E-state index in [1.165, 1.54) is 38.8 Å². The van der Waals surface area contributed by atoms with E-state index < -0.39 is 0 Å². The zero-order valence-corrected chi connectivity index (χ0v) is 17.9. The zero-order chi connectivity index (χ0) is 16.3. The second-order valence-electron chi connectivity index (χ2n) is 7.97. The molecule has 6 heteroatoms. The minimum absolute atomic E-state index is 0. The van der Waals surface area contributed by atoms with Crippen molar-refractivity contribution in [3.63, 3.8) is 0 Å². The molecule has 5 nitrogen and oxygen atoms in total. The Morgan fingerprint density at radius 3 is 2.67 bits per heavy atom. The second-order valence-corrected chi connectivity index (χ2v) is 7.97. The monoisotopic (exact) mass is 450 g/mol. The minimum atomic E-state index is 0. The van der Waals surface area contributed by atoms with Crippen LogP contribution in [-0.4, -0.2) is 74.8 Å². The van der Waals surface area contributed by atoms with Gasteiger partial charge < -0.3 is 15.0 Å². The molecule has 24 heavy (non-hydrogen) atoms. The lowest BCUT2D eigenvalue weighted by Crippen LogP contribution is -2.49. The van der Waals surface area contributed by atoms with Gasteiger partial charge in [-0.15, -0.1) is 24.0 Å². The van der Waals surface area contributed by atoms with Crippen LogP contribution in [0.3, 0.4) is 0 Å². The standard InChI is InChI=1S/C18H34N4O.HI/c1-15-4-8-21(9-5-15)16(2)12-20-17(19-3)22-10-6-18(13-22)7-11-23-14-18;/h15-16H,4-14H2,1-3H3,(H,19,20);1H. The zero-order valence-electron chi connectivity index (χ0n) is 15.6. The number of piperidine rings is 1. The molecule has 3 aliphatic rings. The first-order valence-electron chi connectivity index (χ1n) is 9.39. The maximum absolute atomic E-state index is 5.64. The molecule has 0 bridgehead atoms. The molecular weight excluding hydrogens is 415 g/mol. The number of halogens is 1. The maximum Gasteiger partial charge on any atom is 0.193 e. The quantitative estimate of drug-likeness (QED) is 0.408. The van der Waals surface area contributed by atoms with Gasteiger partial charge in [-0.1, -0.05) is 6.92 Å². The summed E-state index contributed by atoms with van der Waals surface area (Å²) in [6, 6.07) is 0.575. The SMILES string of the molecule is CN=C(NCC(C)N1CCC(C)CC1)N1CCC2(CCOC2)C1.I. The fourth-order valence-corrected chi connectivity index (χ4v) is 4.26. The van der Waals surface area contributed by atoms with Crippen LogP contribution in [0.1, 0.15) is 39.5 Å². The third-order valence-electron chi connectivity index (χ3n) is 6.13. The van der Waals surface area contributed by atoms with Crippen LogP contribution in [0.25, 0.3) is 0 Å². The van der Waals surface area contributed by atoms with Crippen LogP contribution in [0.15, 0.2) is 4.99 Å². The summed E-state index contributed by atoms with van der Waals surface area (Å²) in [5.41, 5.74) is 0.395. The van der Waals surface area contributed by atoms with Crippen molar-refractivity contribution in [1.82, 2.24) is 15.1 Å². The third kappa shape index (κ3) is 4.75. The summed E-state index contributed by atoms with van der Waals surface area (Å²) in [5, 5.41) is 3.62. The highest BCUT2D eigenvalue weighted by Crippen LogP contribution is 2.38. The summed E-state index contributed by atoms with van der Waals surface area (Å²) < 4.78 is 5.64. The van der Waals surface area contributed by atoms with Crippen molar-refractivity contribution in [2.75, 3.05) is 53.0 Å². The Morgan fingerprint density at radius 1 is 1.29 bits per heavy atom. The minimum Gasteiger partial charge on any atom is -0.381 e. The van der Waals surface area contributed by atoms with Crippen LogP contribution in [-0.2, 0) is 4.74 Å². The van der Waals surface area contributed by atoms with Gasteiger partial charge in [0.15, 0.2) is 5.96 Å². The van der Waals surface area contributed by atoms with Crippen LogP contribution in [0.2, 0.25) is 0 Å². The van der Waals surface area contributed by atoms with Crippen molar-refractivity contribution in [3.05, 3.63) is 0 Å². The van der Waals surface area contributed by atoms with Crippen LogP contribution in [0, 0.1) is 11.3 Å². The van der Waals surface area contributed by atoms with Crippen molar-refractivity contribution in [2.24, 2.45) is 16.3 Å². The summed E-state index contributed by atoms with van der Waals surface area (Å²) in [6.07, 6.45) is 5.14. The normalized spacial score (nSPS) is 30.6. The van der Waals surface area contributed by atoms with Crippen LogP contribution in [0.4, 0.5) is 0 Å². The van der Waals surface area contributed by atoms with E-state index in [0.717, 1.165) is 44.7 Å². The second kappa shape index (κ2) is 9.03. The molecule has 0 aliphatic carbocycles. The molecule has 3 saturated heterocycles. The summed E-state index contributed by atoms with van der Waals surface area (Å²) in [5.74, 6) is 1.97. The lowest BCUT2D eigenvalue weighted by Gasteiger charge is -2.35. The van der Waals surface area contributed by atoms with Crippen LogP contribution >= 0.6 is 24.0 Å². The molecule has 0 radical (unpaired) electrons. The van der Waals surface area contributed by atoms with Crippen molar-refractivity contribution in [1.29, 1.82) is 0 Å². The van der Waals surface area contributed by atoms with E-state index in [4.69, 9.17) is 4.74 Å². The Labute approximate surface area is 164 Å². The summed E-state index contributed by atoms with van der Waals surface area (Å²) in [6.45, 7) is 12.3. The number of rotatable bonds is 3. The van der Waals surface area contributed by atoms with Crippen LogP contribution in [0.5, 0.6) is 0 Å². The Balaban J connectivity index is 0.00000208. The molecule has 0 aromatic heterocycles. The van der Waals surface area contributed by atoms with E-state index in [9.17, 15) is 0 Å². The van der Waals surface area contributed by atoms with E-state index >= 15 is 0 Å². The number of hydrogen-bond donors (Lipinski definition) is 1. The van der Waals surface area contributed by atoms with Crippen LogP contribution < -0.4 is 5.32 Å². The fourth-order valence-electron chi connectivity index (χ4n) is 4.26. The molecule has 1 spiro atoms. The summed E-state index contributed by atoms with van der Waals surface area (Å²) in [4.78, 5) is 9.58. The van der Waals surface area contributed by atoms with Gasteiger partial charge in [0.1, 0.15) is 0 Å². The third-order valence-corrected chi connectivity index (χ3v) is 6.13. The first-order valence-corrected chi connectivity index (χ1v) is 9.39. The number of ether oxygens (including phenoxy) is 1. The number of hydrogen-bond acceptors (Lipinski definition) is 3.